The van der Waals surface area contributed by atoms with E-state index in [2.05, 4.69) is 25.4 Å². The molecule has 1 saturated heterocycles. The summed E-state index contributed by atoms with van der Waals surface area (Å²) in [5, 5.41) is 13.9. The van der Waals surface area contributed by atoms with Crippen LogP contribution in [0.5, 0.6) is 5.75 Å². The lowest BCUT2D eigenvalue weighted by molar-refractivity contribution is -0.142. The number of nitrogens with one attached hydrogen (secondary N) is 1. The molecule has 1 atom stereocenters. The summed E-state index contributed by atoms with van der Waals surface area (Å²) in [6.45, 7) is 3.48. The Kier molecular flexibility index (Phi) is 7.69. The first-order chi connectivity index (χ1) is 16.6. The maximum absolute atomic E-state index is 12.9. The third-order valence-electron chi connectivity index (χ3n) is 5.57. The molecule has 0 radical (unpaired) electrons. The molecular weight excluding hydrogens is 454 g/mol. The lowest BCUT2D eigenvalue weighted by Gasteiger charge is -2.32. The van der Waals surface area contributed by atoms with Gasteiger partial charge in [0.2, 0.25) is 5.91 Å². The normalized spacial score (nSPS) is 15.6. The molecular formula is C24H27N5O4S. The fourth-order valence-corrected chi connectivity index (χ4v) is 4.53. The zero-order valence-electron chi connectivity index (χ0n) is 19.2. The number of benzene rings is 1. The summed E-state index contributed by atoms with van der Waals surface area (Å²) in [4.78, 5) is 30.9. The molecule has 0 aliphatic carbocycles. The minimum Gasteiger partial charge on any atom is -0.497 e. The van der Waals surface area contributed by atoms with Crippen molar-refractivity contribution in [1.29, 1.82) is 0 Å². The number of hydrogen-bond donors (Lipinski definition) is 1. The van der Waals surface area contributed by atoms with Gasteiger partial charge in [-0.15, -0.1) is 21.5 Å². The molecule has 1 aromatic carbocycles. The second-order valence-electron chi connectivity index (χ2n) is 7.91. The Morgan fingerprint density at radius 3 is 2.71 bits per heavy atom. The van der Waals surface area contributed by atoms with Crippen LogP contribution in [0.15, 0.2) is 41.8 Å². The first-order valence-electron chi connectivity index (χ1n) is 11.2. The maximum Gasteiger partial charge on any atom is 0.311 e. The summed E-state index contributed by atoms with van der Waals surface area (Å²) in [5.41, 5.74) is 2.33. The molecule has 10 heteroatoms. The SMILES string of the molecule is CCOC(=O)Cc1csc(NC(=O)C2CCCN(c3ccc(-c4ccc(OC)cc4)nn3)C2)n1. The van der Waals surface area contributed by atoms with E-state index < -0.39 is 0 Å². The summed E-state index contributed by atoms with van der Waals surface area (Å²) in [6, 6.07) is 11.5. The average molecular weight is 482 g/mol. The molecule has 1 aliphatic rings. The van der Waals surface area contributed by atoms with Crippen LogP contribution in [0.4, 0.5) is 10.9 Å². The van der Waals surface area contributed by atoms with Crippen LogP contribution in [0.3, 0.4) is 0 Å². The molecule has 3 heterocycles. The van der Waals surface area contributed by atoms with Crippen LogP contribution < -0.4 is 15.0 Å². The number of methoxy groups -OCH3 is 1. The van der Waals surface area contributed by atoms with Gasteiger partial charge in [-0.3, -0.25) is 9.59 Å². The van der Waals surface area contributed by atoms with E-state index in [0.29, 0.717) is 24.0 Å². The monoisotopic (exact) mass is 481 g/mol. The van der Waals surface area contributed by atoms with Crippen LogP contribution >= 0.6 is 11.3 Å². The number of carbonyl (C=O) groups is 2. The van der Waals surface area contributed by atoms with Gasteiger partial charge in [0.1, 0.15) is 5.75 Å². The number of ether oxygens (including phenoxy) is 2. The Labute approximate surface area is 202 Å². The van der Waals surface area contributed by atoms with Gasteiger partial charge in [-0.25, -0.2) is 4.98 Å². The third-order valence-corrected chi connectivity index (χ3v) is 6.37. The Bertz CT molecular complexity index is 1120. The van der Waals surface area contributed by atoms with E-state index in [1.807, 2.05) is 36.4 Å². The largest absolute Gasteiger partial charge is 0.497 e. The highest BCUT2D eigenvalue weighted by Gasteiger charge is 2.27. The van der Waals surface area contributed by atoms with Gasteiger partial charge in [-0.05, 0) is 56.2 Å². The molecule has 1 amide bonds. The second-order valence-corrected chi connectivity index (χ2v) is 8.76. The summed E-state index contributed by atoms with van der Waals surface area (Å²) in [7, 11) is 1.64. The zero-order chi connectivity index (χ0) is 23.9. The fraction of sp³-hybridized carbons (Fsp3) is 0.375. The molecule has 0 spiro atoms. The van der Waals surface area contributed by atoms with Crippen molar-refractivity contribution in [2.24, 2.45) is 5.92 Å². The number of carbonyl (C=O) groups excluding carboxylic acids is 2. The second kappa shape index (κ2) is 11.1. The summed E-state index contributed by atoms with van der Waals surface area (Å²) in [6.07, 6.45) is 1.77. The Morgan fingerprint density at radius 2 is 2.00 bits per heavy atom. The lowest BCUT2D eigenvalue weighted by atomic mass is 9.97. The maximum atomic E-state index is 12.9. The number of piperidine rings is 1. The molecule has 1 fully saturated rings. The molecule has 0 saturated carbocycles. The number of thiazole rings is 1. The van der Waals surface area contributed by atoms with Crippen LogP contribution in [-0.2, 0) is 20.7 Å². The van der Waals surface area contributed by atoms with Gasteiger partial charge in [0, 0.05) is 24.0 Å². The minimum absolute atomic E-state index is 0.0791. The van der Waals surface area contributed by atoms with Gasteiger partial charge in [-0.2, -0.15) is 0 Å². The highest BCUT2D eigenvalue weighted by atomic mass is 32.1. The number of rotatable bonds is 8. The van der Waals surface area contributed by atoms with Crippen LogP contribution in [0.1, 0.15) is 25.5 Å². The standard InChI is InChI=1S/C24H27N5O4S/c1-3-33-22(30)13-18-15-34-24(25-18)26-23(31)17-5-4-12-29(14-17)21-11-10-20(27-28-21)16-6-8-19(32-2)9-7-16/h6-11,15,17H,3-5,12-14H2,1-2H3,(H,25,26,31). The number of anilines is 2. The molecule has 0 bridgehead atoms. The first-order valence-corrected chi connectivity index (χ1v) is 12.1. The van der Waals surface area contributed by atoms with Gasteiger partial charge in [-0.1, -0.05) is 0 Å². The first kappa shape index (κ1) is 23.6. The Balaban J connectivity index is 1.35. The van der Waals surface area contributed by atoms with E-state index in [1.54, 1.807) is 19.4 Å². The predicted molar refractivity (Wildman–Crippen MR) is 130 cm³/mol. The predicted octanol–water partition coefficient (Wildman–Crippen LogP) is 3.57. The van der Waals surface area contributed by atoms with Gasteiger partial charge < -0.3 is 19.7 Å². The van der Waals surface area contributed by atoms with E-state index in [-0.39, 0.29) is 24.2 Å². The van der Waals surface area contributed by atoms with Gasteiger partial charge in [0.05, 0.1) is 37.4 Å². The van der Waals surface area contributed by atoms with Crippen molar-refractivity contribution in [3.63, 3.8) is 0 Å². The minimum atomic E-state index is -0.326. The smallest absolute Gasteiger partial charge is 0.311 e. The van der Waals surface area contributed by atoms with Crippen molar-refractivity contribution in [1.82, 2.24) is 15.2 Å². The summed E-state index contributed by atoms with van der Waals surface area (Å²) in [5.74, 6) is 0.950. The number of hydrogen-bond acceptors (Lipinski definition) is 9. The molecule has 1 N–H and O–H groups in total. The Morgan fingerprint density at radius 1 is 1.18 bits per heavy atom. The van der Waals surface area contributed by atoms with Crippen molar-refractivity contribution in [3.8, 4) is 17.0 Å². The molecule has 178 valence electrons. The van der Waals surface area contributed by atoms with Gasteiger partial charge in [0.15, 0.2) is 10.9 Å². The van der Waals surface area contributed by atoms with Gasteiger partial charge in [0.25, 0.3) is 0 Å². The molecule has 3 aromatic rings. The van der Waals surface area contributed by atoms with Crippen molar-refractivity contribution >= 4 is 34.2 Å². The lowest BCUT2D eigenvalue weighted by Crippen LogP contribution is -2.41. The summed E-state index contributed by atoms with van der Waals surface area (Å²) >= 11 is 1.31. The highest BCUT2D eigenvalue weighted by molar-refractivity contribution is 7.13. The van der Waals surface area contributed by atoms with E-state index in [1.165, 1.54) is 11.3 Å². The number of amides is 1. The highest BCUT2D eigenvalue weighted by Crippen LogP contribution is 2.26. The summed E-state index contributed by atoms with van der Waals surface area (Å²) < 4.78 is 10.1. The molecule has 2 aromatic heterocycles. The van der Waals surface area contributed by atoms with E-state index >= 15 is 0 Å². The average Bonchev–Trinajstić information content (AvgIpc) is 3.30. The van der Waals surface area contributed by atoms with Crippen molar-refractivity contribution in [3.05, 3.63) is 47.5 Å². The zero-order valence-corrected chi connectivity index (χ0v) is 20.0. The number of aromatic nitrogens is 3. The van der Waals surface area contributed by atoms with Gasteiger partial charge >= 0.3 is 5.97 Å². The molecule has 1 unspecified atom stereocenters. The van der Waals surface area contributed by atoms with E-state index in [4.69, 9.17) is 9.47 Å². The van der Waals surface area contributed by atoms with Crippen LogP contribution in [-0.4, -0.2) is 53.9 Å². The topological polar surface area (TPSA) is 107 Å². The van der Waals surface area contributed by atoms with Crippen LogP contribution in [0.2, 0.25) is 0 Å². The quantitative estimate of drug-likeness (QED) is 0.487. The van der Waals surface area contributed by atoms with E-state index in [9.17, 15) is 9.59 Å². The van der Waals surface area contributed by atoms with Crippen LogP contribution in [0, 0.1) is 5.92 Å². The number of nitrogens with zero attached hydrogens (tertiary/aromatic N) is 4. The molecule has 9 nitrogen and oxygen atoms in total. The molecule has 34 heavy (non-hydrogen) atoms. The fourth-order valence-electron chi connectivity index (χ4n) is 3.82. The molecule has 1 aliphatic heterocycles. The molecule has 4 rings (SSSR count). The third kappa shape index (κ3) is 5.88. The number of esters is 1. The van der Waals surface area contributed by atoms with Crippen LogP contribution in [0.25, 0.3) is 11.3 Å². The van der Waals surface area contributed by atoms with E-state index in [0.717, 1.165) is 42.2 Å². The van der Waals surface area contributed by atoms with Crippen molar-refractivity contribution in [2.45, 2.75) is 26.2 Å². The van der Waals surface area contributed by atoms with Crippen molar-refractivity contribution in [2.75, 3.05) is 37.0 Å². The Hall–Kier alpha value is -3.53. The van der Waals surface area contributed by atoms with Crippen molar-refractivity contribution < 1.29 is 19.1 Å².